The number of pyridine rings is 1. The van der Waals surface area contributed by atoms with Gasteiger partial charge in [0.25, 0.3) is 0 Å². The second kappa shape index (κ2) is 8.06. The van der Waals surface area contributed by atoms with Crippen molar-refractivity contribution in [1.82, 2.24) is 20.3 Å². The van der Waals surface area contributed by atoms with Gasteiger partial charge in [0, 0.05) is 49.7 Å². The number of ether oxygens (including phenoxy) is 1. The van der Waals surface area contributed by atoms with Gasteiger partial charge in [0.15, 0.2) is 0 Å². The van der Waals surface area contributed by atoms with E-state index in [0.717, 1.165) is 67.4 Å². The van der Waals surface area contributed by atoms with Crippen molar-refractivity contribution >= 4 is 11.9 Å². The van der Waals surface area contributed by atoms with Gasteiger partial charge < -0.3 is 15.0 Å². The SMILES string of the molecule is CC(=O)NCC1CCC2(CCN(c3nccc(-c4ccc(C)nc4C)n3)CC2)O1. The second-order valence-electron chi connectivity index (χ2n) is 8.21. The molecule has 7 heteroatoms. The maximum atomic E-state index is 11.1. The lowest BCUT2D eigenvalue weighted by molar-refractivity contribution is -0.120. The number of nitrogens with one attached hydrogen (secondary N) is 1. The Balaban J connectivity index is 1.41. The lowest BCUT2D eigenvalue weighted by Gasteiger charge is -2.39. The molecule has 0 radical (unpaired) electrons. The van der Waals surface area contributed by atoms with E-state index in [0.29, 0.717) is 6.54 Å². The van der Waals surface area contributed by atoms with Crippen LogP contribution in [0.25, 0.3) is 11.3 Å². The summed E-state index contributed by atoms with van der Waals surface area (Å²) in [5, 5.41) is 2.87. The first kappa shape index (κ1) is 19.8. The Morgan fingerprint density at radius 2 is 2.00 bits per heavy atom. The number of hydrogen-bond acceptors (Lipinski definition) is 6. The molecular weight excluding hydrogens is 366 g/mol. The number of aryl methyl sites for hydroxylation is 2. The molecule has 1 atom stereocenters. The lowest BCUT2D eigenvalue weighted by atomic mass is 9.88. The van der Waals surface area contributed by atoms with Crippen LogP contribution in [0.3, 0.4) is 0 Å². The Labute approximate surface area is 171 Å². The van der Waals surface area contributed by atoms with E-state index in [-0.39, 0.29) is 17.6 Å². The molecule has 2 aliphatic rings. The molecule has 2 saturated heterocycles. The number of rotatable bonds is 4. The minimum atomic E-state index is -0.0608. The van der Waals surface area contributed by atoms with Crippen molar-refractivity contribution < 1.29 is 9.53 Å². The van der Waals surface area contributed by atoms with E-state index < -0.39 is 0 Å². The molecule has 4 heterocycles. The topological polar surface area (TPSA) is 80.2 Å². The van der Waals surface area contributed by atoms with E-state index in [2.05, 4.69) is 26.3 Å². The molecule has 4 rings (SSSR count). The second-order valence-corrected chi connectivity index (χ2v) is 8.21. The maximum absolute atomic E-state index is 11.1. The minimum absolute atomic E-state index is 0.000383. The number of piperidine rings is 1. The molecule has 1 spiro atoms. The number of hydrogen-bond donors (Lipinski definition) is 1. The molecule has 1 N–H and O–H groups in total. The van der Waals surface area contributed by atoms with E-state index in [1.807, 2.05) is 32.2 Å². The normalized spacial score (nSPS) is 20.8. The molecule has 0 saturated carbocycles. The van der Waals surface area contributed by atoms with Gasteiger partial charge in [-0.25, -0.2) is 9.97 Å². The van der Waals surface area contributed by atoms with Crippen molar-refractivity contribution in [3.8, 4) is 11.3 Å². The number of carbonyl (C=O) groups excluding carboxylic acids is 1. The predicted molar refractivity (Wildman–Crippen MR) is 112 cm³/mol. The Kier molecular flexibility index (Phi) is 5.50. The quantitative estimate of drug-likeness (QED) is 0.857. The van der Waals surface area contributed by atoms with Gasteiger partial charge in [0.2, 0.25) is 11.9 Å². The molecular formula is C22H29N5O2. The number of nitrogens with zero attached hydrogens (tertiary/aromatic N) is 4. The smallest absolute Gasteiger partial charge is 0.225 e. The average Bonchev–Trinajstić information content (AvgIpc) is 3.10. The standard InChI is InChI=1S/C22H29N5O2/c1-15-4-5-19(16(2)25-15)20-7-11-23-21(26-20)27-12-9-22(10-13-27)8-6-18(29-22)14-24-17(3)28/h4-5,7,11,18H,6,8-10,12-14H2,1-3H3,(H,24,28). The van der Waals surface area contributed by atoms with Crippen LogP contribution in [0.5, 0.6) is 0 Å². The third kappa shape index (κ3) is 4.40. The summed E-state index contributed by atoms with van der Waals surface area (Å²) in [6, 6.07) is 6.04. The fourth-order valence-electron chi connectivity index (χ4n) is 4.39. The Hall–Kier alpha value is -2.54. The summed E-state index contributed by atoms with van der Waals surface area (Å²) < 4.78 is 6.35. The number of aromatic nitrogens is 3. The first-order valence-corrected chi connectivity index (χ1v) is 10.4. The molecule has 0 bridgehead atoms. The van der Waals surface area contributed by atoms with Crippen LogP contribution >= 0.6 is 0 Å². The van der Waals surface area contributed by atoms with Gasteiger partial charge in [-0.15, -0.1) is 0 Å². The highest BCUT2D eigenvalue weighted by molar-refractivity contribution is 5.72. The van der Waals surface area contributed by atoms with Crippen molar-refractivity contribution in [3.05, 3.63) is 35.8 Å². The van der Waals surface area contributed by atoms with Gasteiger partial charge >= 0.3 is 0 Å². The minimum Gasteiger partial charge on any atom is -0.370 e. The highest BCUT2D eigenvalue weighted by atomic mass is 16.5. The molecule has 7 nitrogen and oxygen atoms in total. The molecule has 0 aromatic carbocycles. The Morgan fingerprint density at radius 3 is 2.72 bits per heavy atom. The van der Waals surface area contributed by atoms with Gasteiger partial charge in [0.05, 0.1) is 17.4 Å². The van der Waals surface area contributed by atoms with Crippen molar-refractivity contribution in [2.24, 2.45) is 0 Å². The molecule has 29 heavy (non-hydrogen) atoms. The van der Waals surface area contributed by atoms with Gasteiger partial charge in [-0.1, -0.05) is 0 Å². The molecule has 1 unspecified atom stereocenters. The third-order valence-corrected chi connectivity index (χ3v) is 6.02. The van der Waals surface area contributed by atoms with E-state index in [4.69, 9.17) is 9.72 Å². The number of carbonyl (C=O) groups is 1. The molecule has 2 aromatic heterocycles. The zero-order chi connectivity index (χ0) is 20.4. The van der Waals surface area contributed by atoms with E-state index in [9.17, 15) is 4.79 Å². The Bertz CT molecular complexity index is 893. The van der Waals surface area contributed by atoms with E-state index in [1.54, 1.807) is 6.92 Å². The largest absolute Gasteiger partial charge is 0.370 e. The van der Waals surface area contributed by atoms with Crippen molar-refractivity contribution in [2.45, 2.75) is 58.2 Å². The highest BCUT2D eigenvalue weighted by Crippen LogP contribution is 2.39. The summed E-state index contributed by atoms with van der Waals surface area (Å²) >= 11 is 0. The first-order chi connectivity index (χ1) is 13.9. The monoisotopic (exact) mass is 395 g/mol. The van der Waals surface area contributed by atoms with Crippen molar-refractivity contribution in [3.63, 3.8) is 0 Å². The van der Waals surface area contributed by atoms with E-state index >= 15 is 0 Å². The number of anilines is 1. The van der Waals surface area contributed by atoms with E-state index in [1.165, 1.54) is 0 Å². The summed E-state index contributed by atoms with van der Waals surface area (Å²) in [7, 11) is 0. The first-order valence-electron chi connectivity index (χ1n) is 10.4. The van der Waals surface area contributed by atoms with Crippen molar-refractivity contribution in [1.29, 1.82) is 0 Å². The average molecular weight is 396 g/mol. The van der Waals surface area contributed by atoms with Crippen LogP contribution in [0.15, 0.2) is 24.4 Å². The summed E-state index contributed by atoms with van der Waals surface area (Å²) in [5.74, 6) is 0.769. The summed E-state index contributed by atoms with van der Waals surface area (Å²) in [5.41, 5.74) is 3.89. The molecule has 2 aliphatic heterocycles. The van der Waals surface area contributed by atoms with Crippen molar-refractivity contribution in [2.75, 3.05) is 24.5 Å². The zero-order valence-electron chi connectivity index (χ0n) is 17.4. The van der Waals surface area contributed by atoms with Gasteiger partial charge in [0.1, 0.15) is 0 Å². The Morgan fingerprint density at radius 1 is 1.21 bits per heavy atom. The predicted octanol–water partition coefficient (Wildman–Crippen LogP) is 2.81. The molecule has 0 aliphatic carbocycles. The summed E-state index contributed by atoms with van der Waals surface area (Å²) in [6.45, 7) is 7.92. The lowest BCUT2D eigenvalue weighted by Crippen LogP contribution is -2.45. The fraction of sp³-hybridized carbons (Fsp3) is 0.545. The van der Waals surface area contributed by atoms with Crippen LogP contribution in [0.2, 0.25) is 0 Å². The van der Waals surface area contributed by atoms with Crippen LogP contribution in [-0.4, -0.2) is 52.2 Å². The molecule has 2 fully saturated rings. The summed E-state index contributed by atoms with van der Waals surface area (Å²) in [4.78, 5) is 27.3. The fourth-order valence-corrected chi connectivity index (χ4v) is 4.39. The van der Waals surface area contributed by atoms with Gasteiger partial charge in [-0.3, -0.25) is 9.78 Å². The number of amides is 1. The van der Waals surface area contributed by atoms with Crippen LogP contribution in [0.1, 0.15) is 44.0 Å². The summed E-state index contributed by atoms with van der Waals surface area (Å²) in [6.07, 6.45) is 5.94. The van der Waals surface area contributed by atoms with Gasteiger partial charge in [-0.05, 0) is 57.7 Å². The third-order valence-electron chi connectivity index (χ3n) is 6.02. The van der Waals surface area contributed by atoms with Crippen LogP contribution in [0.4, 0.5) is 5.95 Å². The highest BCUT2D eigenvalue weighted by Gasteiger charge is 2.42. The maximum Gasteiger partial charge on any atom is 0.225 e. The molecule has 2 aromatic rings. The van der Waals surface area contributed by atoms with Gasteiger partial charge in [-0.2, -0.15) is 0 Å². The van der Waals surface area contributed by atoms with Crippen LogP contribution < -0.4 is 10.2 Å². The zero-order valence-corrected chi connectivity index (χ0v) is 17.4. The molecule has 1 amide bonds. The van der Waals surface area contributed by atoms with Crippen LogP contribution in [-0.2, 0) is 9.53 Å². The van der Waals surface area contributed by atoms with Crippen LogP contribution in [0, 0.1) is 13.8 Å². The molecule has 154 valence electrons.